The molecule has 1 aromatic heterocycles. The van der Waals surface area contributed by atoms with Gasteiger partial charge in [0, 0.05) is 37.8 Å². The van der Waals surface area contributed by atoms with Gasteiger partial charge >= 0.3 is 0 Å². The molecule has 0 unspecified atom stereocenters. The first kappa shape index (κ1) is 22.1. The van der Waals surface area contributed by atoms with Gasteiger partial charge in [0.15, 0.2) is 5.96 Å². The van der Waals surface area contributed by atoms with Crippen molar-refractivity contribution in [3.8, 4) is 0 Å². The monoisotopic (exact) mass is 402 g/mol. The maximum Gasteiger partial charge on any atom is 0.252 e. The summed E-state index contributed by atoms with van der Waals surface area (Å²) in [6, 6.07) is 2.96. The Hall–Kier alpha value is -3.23. The van der Waals surface area contributed by atoms with E-state index in [-0.39, 0.29) is 35.7 Å². The summed E-state index contributed by atoms with van der Waals surface area (Å²) in [4.78, 5) is 31.4. The van der Waals surface area contributed by atoms with Crippen LogP contribution in [0.4, 0.5) is 4.39 Å². The lowest BCUT2D eigenvalue weighted by Gasteiger charge is -2.40. The number of hydrogen-bond acceptors (Lipinski definition) is 4. The van der Waals surface area contributed by atoms with E-state index in [0.717, 1.165) is 19.3 Å². The Labute approximate surface area is 169 Å². The molecule has 29 heavy (non-hydrogen) atoms. The summed E-state index contributed by atoms with van der Waals surface area (Å²) in [5.41, 5.74) is 6.14. The van der Waals surface area contributed by atoms with E-state index in [1.165, 1.54) is 25.3 Å². The van der Waals surface area contributed by atoms with E-state index < -0.39 is 5.41 Å². The van der Waals surface area contributed by atoms with E-state index in [1.807, 2.05) is 0 Å². The Bertz CT molecular complexity index is 817. The Kier molecular flexibility index (Phi) is 7.88. The van der Waals surface area contributed by atoms with Crippen LogP contribution in [0.3, 0.4) is 0 Å². The maximum atomic E-state index is 14.1. The number of halogens is 1. The average molecular weight is 402 g/mol. The van der Waals surface area contributed by atoms with E-state index in [1.54, 1.807) is 12.3 Å². The molecular weight excluding hydrogens is 375 g/mol. The fourth-order valence-corrected chi connectivity index (χ4v) is 3.02. The number of hydrogen-bond donors (Lipinski definition) is 4. The molecule has 0 bridgehead atoms. The molecule has 0 saturated heterocycles. The molecule has 1 fully saturated rings. The zero-order valence-corrected chi connectivity index (χ0v) is 16.5. The van der Waals surface area contributed by atoms with Crippen molar-refractivity contribution in [3.05, 3.63) is 54.3 Å². The van der Waals surface area contributed by atoms with Crippen LogP contribution in [-0.4, -0.2) is 42.4 Å². The molecule has 2 amide bonds. The van der Waals surface area contributed by atoms with Crippen LogP contribution in [-0.2, 0) is 15.0 Å². The van der Waals surface area contributed by atoms with E-state index in [4.69, 9.17) is 5.73 Å². The predicted molar refractivity (Wildman–Crippen MR) is 109 cm³/mol. The van der Waals surface area contributed by atoms with Crippen molar-refractivity contribution in [1.82, 2.24) is 20.9 Å². The summed E-state index contributed by atoms with van der Waals surface area (Å²) >= 11 is 0. The Balaban J connectivity index is 1.93. The van der Waals surface area contributed by atoms with Crippen LogP contribution >= 0.6 is 0 Å². The van der Waals surface area contributed by atoms with E-state index in [9.17, 15) is 14.0 Å². The molecular formula is C20H27FN6O2. The fraction of sp³-hybridized carbons (Fsp3) is 0.400. The van der Waals surface area contributed by atoms with Gasteiger partial charge in [-0.25, -0.2) is 4.39 Å². The van der Waals surface area contributed by atoms with Gasteiger partial charge in [0.2, 0.25) is 5.91 Å². The van der Waals surface area contributed by atoms with Gasteiger partial charge in [0.05, 0.1) is 17.8 Å². The third-order valence-electron chi connectivity index (χ3n) is 4.77. The molecule has 1 heterocycles. The molecule has 8 nitrogen and oxygen atoms in total. The quantitative estimate of drug-likeness (QED) is 0.161. The Morgan fingerprint density at radius 2 is 2.10 bits per heavy atom. The Morgan fingerprint density at radius 1 is 1.38 bits per heavy atom. The highest BCUT2D eigenvalue weighted by Gasteiger charge is 2.41. The number of nitrogens with two attached hydrogens (primary N) is 1. The smallest absolute Gasteiger partial charge is 0.252 e. The number of aromatic nitrogens is 1. The van der Waals surface area contributed by atoms with Gasteiger partial charge in [0.25, 0.3) is 5.91 Å². The van der Waals surface area contributed by atoms with Crippen LogP contribution in [0.2, 0.25) is 0 Å². The van der Waals surface area contributed by atoms with Crippen molar-refractivity contribution < 1.29 is 14.0 Å². The molecule has 1 aliphatic carbocycles. The van der Waals surface area contributed by atoms with Gasteiger partial charge in [-0.05, 0) is 25.0 Å². The molecule has 0 aliphatic heterocycles. The van der Waals surface area contributed by atoms with Gasteiger partial charge in [-0.2, -0.15) is 0 Å². The summed E-state index contributed by atoms with van der Waals surface area (Å²) in [6.07, 6.45) is 6.93. The number of nitrogens with zero attached hydrogens (tertiary/aromatic N) is 2. The average Bonchev–Trinajstić information content (AvgIpc) is 2.66. The van der Waals surface area contributed by atoms with Crippen molar-refractivity contribution in [2.45, 2.75) is 31.6 Å². The van der Waals surface area contributed by atoms with Crippen molar-refractivity contribution >= 4 is 17.8 Å². The number of guanidine groups is 1. The first-order valence-corrected chi connectivity index (χ1v) is 9.40. The highest BCUT2D eigenvalue weighted by molar-refractivity contribution is 5.96. The number of rotatable bonds is 9. The maximum absolute atomic E-state index is 14.1. The third-order valence-corrected chi connectivity index (χ3v) is 4.77. The second-order valence-corrected chi connectivity index (χ2v) is 6.86. The summed E-state index contributed by atoms with van der Waals surface area (Å²) in [5, 5.41) is 7.99. The molecule has 5 N–H and O–H groups in total. The normalized spacial score (nSPS) is 15.8. The largest absolute Gasteiger partial charge is 0.370 e. The van der Waals surface area contributed by atoms with Crippen LogP contribution in [0.25, 0.3) is 0 Å². The lowest BCUT2D eigenvalue weighted by Crippen LogP contribution is -2.41. The summed E-state index contributed by atoms with van der Waals surface area (Å²) in [5.74, 6) is -0.757. The number of nitrogens with one attached hydrogen (secondary N) is 3. The fourth-order valence-electron chi connectivity index (χ4n) is 3.02. The van der Waals surface area contributed by atoms with Crippen LogP contribution in [0, 0.1) is 5.82 Å². The lowest BCUT2D eigenvalue weighted by molar-refractivity contribution is -0.120. The van der Waals surface area contributed by atoms with Crippen LogP contribution < -0.4 is 21.7 Å². The summed E-state index contributed by atoms with van der Waals surface area (Å²) in [6.45, 7) is 5.92. The van der Waals surface area contributed by atoms with Crippen molar-refractivity contribution in [2.75, 3.05) is 19.6 Å². The zero-order valence-electron chi connectivity index (χ0n) is 16.5. The van der Waals surface area contributed by atoms with Crippen LogP contribution in [0.1, 0.15) is 31.9 Å². The van der Waals surface area contributed by atoms with Gasteiger partial charge in [0.1, 0.15) is 5.82 Å². The van der Waals surface area contributed by atoms with Crippen LogP contribution in [0.5, 0.6) is 0 Å². The van der Waals surface area contributed by atoms with E-state index in [0.29, 0.717) is 18.8 Å². The Morgan fingerprint density at radius 3 is 2.69 bits per heavy atom. The highest BCUT2D eigenvalue weighted by atomic mass is 19.1. The van der Waals surface area contributed by atoms with Crippen molar-refractivity contribution in [3.63, 3.8) is 0 Å². The minimum Gasteiger partial charge on any atom is -0.370 e. The standard InChI is InChI=1S/C20H27FN6O2/c1-3-15(18(29)25-11-10-23-14(2)28)12-26-19(22)27-13-20(7-5-8-20)17-16(21)6-4-9-24-17/h3-4,6,9,12H,1,5,7-8,10-11,13H2,2H3,(H,23,28)(H,25,29)(H3,22,26,27)/b15-12+. The van der Waals surface area contributed by atoms with Crippen molar-refractivity contribution in [2.24, 2.45) is 10.7 Å². The first-order valence-electron chi connectivity index (χ1n) is 9.40. The van der Waals surface area contributed by atoms with Crippen LogP contribution in [0.15, 0.2) is 47.7 Å². The zero-order chi connectivity index (χ0) is 21.3. The topological polar surface area (TPSA) is 122 Å². The molecule has 0 spiro atoms. The first-order chi connectivity index (χ1) is 13.9. The number of aliphatic imine (C=N–C) groups is 1. The minimum absolute atomic E-state index is 0.109. The van der Waals surface area contributed by atoms with Gasteiger partial charge in [-0.3, -0.25) is 19.6 Å². The van der Waals surface area contributed by atoms with Crippen molar-refractivity contribution in [1.29, 1.82) is 0 Å². The summed E-state index contributed by atoms with van der Waals surface area (Å²) in [7, 11) is 0. The molecule has 0 atom stereocenters. The number of carbonyl (C=O) groups excluding carboxylic acids is 2. The molecule has 1 aromatic rings. The molecule has 1 aliphatic rings. The second kappa shape index (κ2) is 10.4. The van der Waals surface area contributed by atoms with E-state index >= 15 is 0 Å². The molecule has 1 saturated carbocycles. The molecule has 0 radical (unpaired) electrons. The molecule has 9 heteroatoms. The number of amides is 2. The second-order valence-electron chi connectivity index (χ2n) is 6.86. The van der Waals surface area contributed by atoms with Gasteiger partial charge < -0.3 is 21.7 Å². The SMILES string of the molecule is C=C/C(=C\NC(N)=NCC1(c2ncccc2F)CCC1)C(=O)NCCNC(C)=O. The number of carbonyl (C=O) groups is 2. The predicted octanol–water partition coefficient (Wildman–Crippen LogP) is 0.869. The van der Waals surface area contributed by atoms with Gasteiger partial charge in [-0.15, -0.1) is 0 Å². The highest BCUT2D eigenvalue weighted by Crippen LogP contribution is 2.43. The molecule has 0 aromatic carbocycles. The van der Waals surface area contributed by atoms with Gasteiger partial charge in [-0.1, -0.05) is 19.1 Å². The minimum atomic E-state index is -0.441. The molecule has 156 valence electrons. The third kappa shape index (κ3) is 6.13. The summed E-state index contributed by atoms with van der Waals surface area (Å²) < 4.78 is 14.1. The number of pyridine rings is 1. The molecule has 2 rings (SSSR count). The van der Waals surface area contributed by atoms with E-state index in [2.05, 4.69) is 32.5 Å². The lowest BCUT2D eigenvalue weighted by atomic mass is 9.66.